The Bertz CT molecular complexity index is 1090. The Morgan fingerprint density at radius 3 is 2.53 bits per heavy atom. The third kappa shape index (κ3) is 4.08. The van der Waals surface area contributed by atoms with E-state index in [-0.39, 0.29) is 17.6 Å². The highest BCUT2D eigenvalue weighted by molar-refractivity contribution is 6.10. The Morgan fingerprint density at radius 2 is 1.72 bits per heavy atom. The molecule has 2 atom stereocenters. The summed E-state index contributed by atoms with van der Waals surface area (Å²) in [6.07, 6.45) is 3.60. The molecule has 6 nitrogen and oxygen atoms in total. The van der Waals surface area contributed by atoms with Gasteiger partial charge in [0.05, 0.1) is 25.2 Å². The lowest BCUT2D eigenvalue weighted by Gasteiger charge is -2.39. The maximum absolute atomic E-state index is 13.9. The monoisotopic (exact) mass is 431 g/mol. The lowest BCUT2D eigenvalue weighted by molar-refractivity contribution is -0.141. The molecular weight excluding hydrogens is 402 g/mol. The van der Waals surface area contributed by atoms with Crippen LogP contribution in [0.4, 0.5) is 0 Å². The van der Waals surface area contributed by atoms with Crippen molar-refractivity contribution < 1.29 is 14.3 Å². The first-order valence-electron chi connectivity index (χ1n) is 11.5. The van der Waals surface area contributed by atoms with Crippen LogP contribution in [0.25, 0.3) is 10.9 Å². The number of aromatic amines is 1. The molecule has 2 aliphatic heterocycles. The van der Waals surface area contributed by atoms with E-state index in [2.05, 4.69) is 9.88 Å². The van der Waals surface area contributed by atoms with Crippen molar-refractivity contribution in [2.45, 2.75) is 18.9 Å². The summed E-state index contributed by atoms with van der Waals surface area (Å²) in [5, 5.41) is 0.941. The predicted molar refractivity (Wildman–Crippen MR) is 124 cm³/mol. The van der Waals surface area contributed by atoms with Crippen LogP contribution >= 0.6 is 0 Å². The van der Waals surface area contributed by atoms with E-state index in [1.54, 1.807) is 0 Å². The summed E-state index contributed by atoms with van der Waals surface area (Å²) in [5.41, 5.74) is 2.64. The van der Waals surface area contributed by atoms with E-state index >= 15 is 0 Å². The van der Waals surface area contributed by atoms with Crippen LogP contribution in [-0.4, -0.2) is 65.9 Å². The maximum Gasteiger partial charge on any atom is 0.227 e. The van der Waals surface area contributed by atoms with Gasteiger partial charge in [-0.2, -0.15) is 0 Å². The summed E-state index contributed by atoms with van der Waals surface area (Å²) in [5.74, 6) is 0.196. The van der Waals surface area contributed by atoms with Gasteiger partial charge in [-0.05, 0) is 31.0 Å². The van der Waals surface area contributed by atoms with E-state index in [4.69, 9.17) is 4.74 Å². The quantitative estimate of drug-likeness (QED) is 0.626. The van der Waals surface area contributed by atoms with Crippen molar-refractivity contribution >= 4 is 22.6 Å². The second-order valence-corrected chi connectivity index (χ2v) is 8.70. The molecule has 1 amide bonds. The van der Waals surface area contributed by atoms with Crippen LogP contribution in [0.15, 0.2) is 60.8 Å². The average Bonchev–Trinajstić information content (AvgIpc) is 3.29. The van der Waals surface area contributed by atoms with Crippen LogP contribution in [-0.2, 0) is 9.53 Å². The van der Waals surface area contributed by atoms with E-state index in [9.17, 15) is 9.59 Å². The highest BCUT2D eigenvalue weighted by Crippen LogP contribution is 2.32. The summed E-state index contributed by atoms with van der Waals surface area (Å²) < 4.78 is 5.41. The minimum absolute atomic E-state index is 0.0770. The molecule has 2 fully saturated rings. The number of H-pyrrole nitrogens is 1. The number of nitrogens with zero attached hydrogens (tertiary/aromatic N) is 2. The van der Waals surface area contributed by atoms with Crippen molar-refractivity contribution in [3.05, 3.63) is 71.9 Å². The molecule has 1 aromatic heterocycles. The first-order valence-corrected chi connectivity index (χ1v) is 11.5. The molecule has 0 saturated carbocycles. The zero-order valence-electron chi connectivity index (χ0n) is 18.2. The summed E-state index contributed by atoms with van der Waals surface area (Å²) in [6, 6.07) is 17.5. The average molecular weight is 432 g/mol. The largest absolute Gasteiger partial charge is 0.378 e. The molecule has 2 aromatic carbocycles. The van der Waals surface area contributed by atoms with E-state index in [0.717, 1.165) is 35.9 Å². The van der Waals surface area contributed by atoms with Gasteiger partial charge in [0.15, 0.2) is 5.78 Å². The molecule has 0 radical (unpaired) electrons. The van der Waals surface area contributed by atoms with Crippen molar-refractivity contribution in [3.63, 3.8) is 0 Å². The highest BCUT2D eigenvalue weighted by Gasteiger charge is 2.36. The van der Waals surface area contributed by atoms with Gasteiger partial charge >= 0.3 is 0 Å². The summed E-state index contributed by atoms with van der Waals surface area (Å²) >= 11 is 0. The fraction of sp³-hybridized carbons (Fsp3) is 0.385. The molecule has 3 aromatic rings. The van der Waals surface area contributed by atoms with Crippen molar-refractivity contribution in [1.82, 2.24) is 14.8 Å². The lowest BCUT2D eigenvalue weighted by Crippen LogP contribution is -2.49. The first kappa shape index (κ1) is 20.9. The van der Waals surface area contributed by atoms with Crippen molar-refractivity contribution in [2.24, 2.45) is 5.92 Å². The second kappa shape index (κ2) is 9.27. The number of morpholine rings is 1. The maximum atomic E-state index is 13.9. The molecule has 32 heavy (non-hydrogen) atoms. The Kier molecular flexibility index (Phi) is 6.06. The number of likely N-dealkylation sites (tertiary alicyclic amines) is 1. The molecule has 5 rings (SSSR count). The summed E-state index contributed by atoms with van der Waals surface area (Å²) in [4.78, 5) is 34.5. The smallest absolute Gasteiger partial charge is 0.227 e. The minimum Gasteiger partial charge on any atom is -0.378 e. The van der Waals surface area contributed by atoms with E-state index in [1.807, 2.05) is 65.7 Å². The van der Waals surface area contributed by atoms with E-state index in [0.29, 0.717) is 38.4 Å². The number of fused-ring (bicyclic) bond motifs is 1. The van der Waals surface area contributed by atoms with Crippen molar-refractivity contribution in [3.8, 4) is 0 Å². The zero-order chi connectivity index (χ0) is 21.9. The number of rotatable bonds is 5. The molecule has 1 N–H and O–H groups in total. The number of ether oxygens (including phenoxy) is 1. The van der Waals surface area contributed by atoms with Crippen LogP contribution < -0.4 is 0 Å². The fourth-order valence-electron chi connectivity index (χ4n) is 5.07. The Labute approximate surface area is 188 Å². The van der Waals surface area contributed by atoms with Crippen LogP contribution in [0.1, 0.15) is 34.8 Å². The van der Waals surface area contributed by atoms with E-state index in [1.165, 1.54) is 0 Å². The Balaban J connectivity index is 1.44. The number of Topliss-reactive ketones (excluding diaryl/α,β-unsaturated/α-hetero) is 1. The van der Waals surface area contributed by atoms with Gasteiger partial charge in [-0.25, -0.2) is 0 Å². The number of amides is 1. The third-order valence-electron chi connectivity index (χ3n) is 6.71. The molecule has 0 unspecified atom stereocenters. The molecule has 0 spiro atoms. The minimum atomic E-state index is -0.407. The third-order valence-corrected chi connectivity index (χ3v) is 6.71. The number of benzene rings is 2. The number of aromatic nitrogens is 1. The van der Waals surface area contributed by atoms with Gasteiger partial charge in [0.25, 0.3) is 0 Å². The van der Waals surface area contributed by atoms with E-state index < -0.39 is 6.04 Å². The molecule has 166 valence electrons. The molecule has 2 saturated heterocycles. The molecule has 3 heterocycles. The number of ketones is 1. The summed E-state index contributed by atoms with van der Waals surface area (Å²) in [6.45, 7) is 3.93. The SMILES string of the molecule is O=C(c1c[nH]c2ccccc12)[C@H](c1ccccc1)N1CCC[C@@H](C(=O)N2CCOCC2)C1. The first-order chi connectivity index (χ1) is 15.7. The zero-order valence-corrected chi connectivity index (χ0v) is 18.2. The second-order valence-electron chi connectivity index (χ2n) is 8.70. The number of piperidine rings is 1. The van der Waals surface area contributed by atoms with Gasteiger partial charge < -0.3 is 14.6 Å². The molecule has 0 bridgehead atoms. The molecule has 0 aliphatic carbocycles. The number of carbonyl (C=O) groups excluding carboxylic acids is 2. The molecule has 2 aliphatic rings. The van der Waals surface area contributed by atoms with Gasteiger partial charge in [-0.1, -0.05) is 48.5 Å². The van der Waals surface area contributed by atoms with Crippen LogP contribution in [0.5, 0.6) is 0 Å². The lowest BCUT2D eigenvalue weighted by atomic mass is 9.90. The normalized spacial score (nSPS) is 20.9. The van der Waals surface area contributed by atoms with Gasteiger partial charge in [-0.15, -0.1) is 0 Å². The number of carbonyl (C=O) groups is 2. The van der Waals surface area contributed by atoms with Crippen molar-refractivity contribution in [1.29, 1.82) is 0 Å². The molecular formula is C26H29N3O3. The highest BCUT2D eigenvalue weighted by atomic mass is 16.5. The number of nitrogens with one attached hydrogen (secondary N) is 1. The standard InChI is InChI=1S/C26H29N3O3/c30-25(22-17-27-23-11-5-4-10-21(22)23)24(19-7-2-1-3-8-19)29-12-6-9-20(18-29)26(31)28-13-15-32-16-14-28/h1-5,7-8,10-11,17,20,24,27H,6,9,12-16,18H2/t20-,24+/m1/s1. The van der Waals surface area contributed by atoms with Crippen molar-refractivity contribution in [2.75, 3.05) is 39.4 Å². The number of para-hydroxylation sites is 1. The molecule has 6 heteroatoms. The van der Waals surface area contributed by atoms with Gasteiger partial charge in [0.1, 0.15) is 0 Å². The Morgan fingerprint density at radius 1 is 0.969 bits per heavy atom. The topological polar surface area (TPSA) is 65.6 Å². The fourth-order valence-corrected chi connectivity index (χ4v) is 5.07. The Hall–Kier alpha value is -2.96. The van der Waals surface area contributed by atoms with Gasteiger partial charge in [-0.3, -0.25) is 14.5 Å². The van der Waals surface area contributed by atoms with Crippen LogP contribution in [0, 0.1) is 5.92 Å². The van der Waals surface area contributed by atoms with Crippen LogP contribution in [0.2, 0.25) is 0 Å². The van der Waals surface area contributed by atoms with Gasteiger partial charge in [0, 0.05) is 42.3 Å². The number of hydrogen-bond acceptors (Lipinski definition) is 4. The number of hydrogen-bond donors (Lipinski definition) is 1. The van der Waals surface area contributed by atoms with Crippen LogP contribution in [0.3, 0.4) is 0 Å². The van der Waals surface area contributed by atoms with Gasteiger partial charge in [0.2, 0.25) is 5.91 Å². The summed E-state index contributed by atoms with van der Waals surface area (Å²) in [7, 11) is 0. The predicted octanol–water partition coefficient (Wildman–Crippen LogP) is 3.66.